The van der Waals surface area contributed by atoms with Gasteiger partial charge in [-0.3, -0.25) is 4.98 Å². The first kappa shape index (κ1) is 13.4. The molecule has 0 saturated carbocycles. The van der Waals surface area contributed by atoms with Gasteiger partial charge in [0.25, 0.3) is 0 Å². The van der Waals surface area contributed by atoms with E-state index >= 15 is 0 Å². The van der Waals surface area contributed by atoms with Crippen LogP contribution in [-0.4, -0.2) is 33.0 Å². The fourth-order valence-corrected chi connectivity index (χ4v) is 4.05. The van der Waals surface area contributed by atoms with Crippen molar-refractivity contribution in [1.82, 2.24) is 19.9 Å². The van der Waals surface area contributed by atoms with Crippen molar-refractivity contribution in [2.75, 3.05) is 23.7 Å². The summed E-state index contributed by atoms with van der Waals surface area (Å²) in [5, 5.41) is 7.87. The van der Waals surface area contributed by atoms with Crippen LogP contribution in [0.15, 0.2) is 24.9 Å². The van der Waals surface area contributed by atoms with E-state index in [9.17, 15) is 0 Å². The monoisotopic (exact) mass is 312 g/mol. The van der Waals surface area contributed by atoms with Crippen LogP contribution in [0.5, 0.6) is 0 Å². The Hall–Kier alpha value is -2.28. The Labute approximate surface area is 132 Å². The van der Waals surface area contributed by atoms with Gasteiger partial charge in [0, 0.05) is 30.4 Å². The molecule has 3 aromatic rings. The van der Waals surface area contributed by atoms with Gasteiger partial charge in [0.1, 0.15) is 22.8 Å². The Morgan fingerprint density at radius 3 is 2.91 bits per heavy atom. The molecule has 112 valence electrons. The van der Waals surface area contributed by atoms with E-state index in [-0.39, 0.29) is 0 Å². The number of nitrogens with zero attached hydrogens (tertiary/aromatic N) is 4. The molecule has 0 fully saturated rings. The normalized spacial score (nSPS) is 13.3. The zero-order valence-electron chi connectivity index (χ0n) is 12.0. The quantitative estimate of drug-likeness (QED) is 0.705. The third-order valence-electron chi connectivity index (χ3n) is 3.79. The van der Waals surface area contributed by atoms with E-state index in [2.05, 4.69) is 30.6 Å². The molecule has 4 rings (SSSR count). The summed E-state index contributed by atoms with van der Waals surface area (Å²) >= 11 is 1.81. The summed E-state index contributed by atoms with van der Waals surface area (Å²) < 4.78 is 0. The minimum atomic E-state index is 0.760. The first-order chi connectivity index (χ1) is 10.9. The lowest BCUT2D eigenvalue weighted by molar-refractivity contribution is 0.917. The minimum absolute atomic E-state index is 0.760. The molecule has 0 unspecified atom stereocenters. The van der Waals surface area contributed by atoms with Crippen molar-refractivity contribution >= 4 is 33.2 Å². The number of anilines is 2. The SMILES string of the molecule is c1cnc(NCCNc2ncnc3sc4c(c23)CCC4)cn1. The van der Waals surface area contributed by atoms with Crippen molar-refractivity contribution in [2.45, 2.75) is 19.3 Å². The van der Waals surface area contributed by atoms with Gasteiger partial charge >= 0.3 is 0 Å². The number of rotatable bonds is 5. The third kappa shape index (κ3) is 2.48. The molecule has 7 heteroatoms. The van der Waals surface area contributed by atoms with Crippen LogP contribution in [0.4, 0.5) is 11.6 Å². The second-order valence-electron chi connectivity index (χ2n) is 5.20. The van der Waals surface area contributed by atoms with Crippen molar-refractivity contribution in [3.63, 3.8) is 0 Å². The van der Waals surface area contributed by atoms with Crippen LogP contribution in [0, 0.1) is 0 Å². The van der Waals surface area contributed by atoms with Gasteiger partial charge in [-0.05, 0) is 24.8 Å². The van der Waals surface area contributed by atoms with Crippen LogP contribution >= 0.6 is 11.3 Å². The largest absolute Gasteiger partial charge is 0.368 e. The molecule has 0 bridgehead atoms. The molecule has 3 heterocycles. The van der Waals surface area contributed by atoms with E-state index in [0.29, 0.717) is 0 Å². The molecule has 0 aliphatic heterocycles. The lowest BCUT2D eigenvalue weighted by atomic mass is 10.2. The van der Waals surface area contributed by atoms with Gasteiger partial charge in [-0.1, -0.05) is 0 Å². The predicted octanol–water partition coefficient (Wildman–Crippen LogP) is 2.49. The highest BCUT2D eigenvalue weighted by Gasteiger charge is 2.20. The number of hydrogen-bond acceptors (Lipinski definition) is 7. The summed E-state index contributed by atoms with van der Waals surface area (Å²) in [6.45, 7) is 1.53. The molecule has 0 aromatic carbocycles. The fraction of sp³-hybridized carbons (Fsp3) is 0.333. The van der Waals surface area contributed by atoms with Gasteiger partial charge in [0.15, 0.2) is 0 Å². The summed E-state index contributed by atoms with van der Waals surface area (Å²) in [5.74, 6) is 1.74. The Morgan fingerprint density at radius 2 is 2.00 bits per heavy atom. The van der Waals surface area contributed by atoms with Crippen molar-refractivity contribution in [3.8, 4) is 0 Å². The second kappa shape index (κ2) is 5.84. The molecule has 0 atom stereocenters. The summed E-state index contributed by atoms with van der Waals surface area (Å²) in [7, 11) is 0. The molecule has 6 nitrogen and oxygen atoms in total. The fourth-order valence-electron chi connectivity index (χ4n) is 2.82. The highest BCUT2D eigenvalue weighted by molar-refractivity contribution is 7.19. The number of aryl methyl sites for hydroxylation is 2. The number of thiophene rings is 1. The lowest BCUT2D eigenvalue weighted by Crippen LogP contribution is -2.15. The number of aromatic nitrogens is 4. The average molecular weight is 312 g/mol. The van der Waals surface area contributed by atoms with E-state index in [4.69, 9.17) is 0 Å². The molecule has 2 N–H and O–H groups in total. The third-order valence-corrected chi connectivity index (χ3v) is 4.99. The van der Waals surface area contributed by atoms with E-state index in [0.717, 1.165) is 36.0 Å². The van der Waals surface area contributed by atoms with Crippen LogP contribution < -0.4 is 10.6 Å². The van der Waals surface area contributed by atoms with Gasteiger partial charge in [0.05, 0.1) is 11.6 Å². The van der Waals surface area contributed by atoms with E-state index < -0.39 is 0 Å². The molecule has 1 aliphatic carbocycles. The van der Waals surface area contributed by atoms with Crippen LogP contribution in [0.25, 0.3) is 10.2 Å². The second-order valence-corrected chi connectivity index (χ2v) is 6.29. The smallest absolute Gasteiger partial charge is 0.144 e. The molecule has 22 heavy (non-hydrogen) atoms. The van der Waals surface area contributed by atoms with Gasteiger partial charge in [0.2, 0.25) is 0 Å². The highest BCUT2D eigenvalue weighted by Crippen LogP contribution is 2.38. The van der Waals surface area contributed by atoms with Gasteiger partial charge in [-0.15, -0.1) is 11.3 Å². The number of nitrogens with one attached hydrogen (secondary N) is 2. The van der Waals surface area contributed by atoms with E-state index in [1.807, 2.05) is 11.3 Å². The Kier molecular flexibility index (Phi) is 3.56. The molecule has 3 aromatic heterocycles. The maximum Gasteiger partial charge on any atom is 0.144 e. The Bertz CT molecular complexity index is 785. The van der Waals surface area contributed by atoms with Crippen molar-refractivity contribution < 1.29 is 0 Å². The summed E-state index contributed by atoms with van der Waals surface area (Å²) in [6.07, 6.45) is 10.3. The van der Waals surface area contributed by atoms with Gasteiger partial charge < -0.3 is 10.6 Å². The van der Waals surface area contributed by atoms with Gasteiger partial charge in [-0.25, -0.2) is 15.0 Å². The summed E-state index contributed by atoms with van der Waals surface area (Å²) in [4.78, 5) is 19.6. The van der Waals surface area contributed by atoms with Crippen LogP contribution in [0.1, 0.15) is 16.9 Å². The van der Waals surface area contributed by atoms with Crippen LogP contribution in [0.2, 0.25) is 0 Å². The Balaban J connectivity index is 1.46. The molecular formula is C15H16N6S. The summed E-state index contributed by atoms with van der Waals surface area (Å²) in [5.41, 5.74) is 1.45. The minimum Gasteiger partial charge on any atom is -0.368 e. The maximum atomic E-state index is 4.43. The zero-order valence-corrected chi connectivity index (χ0v) is 12.9. The lowest BCUT2D eigenvalue weighted by Gasteiger charge is -2.08. The molecule has 1 aliphatic rings. The van der Waals surface area contributed by atoms with Crippen LogP contribution in [0.3, 0.4) is 0 Å². The van der Waals surface area contributed by atoms with E-state index in [1.54, 1.807) is 24.9 Å². The van der Waals surface area contributed by atoms with E-state index in [1.165, 1.54) is 28.7 Å². The Morgan fingerprint density at radius 1 is 1.05 bits per heavy atom. The van der Waals surface area contributed by atoms with Gasteiger partial charge in [-0.2, -0.15) is 0 Å². The molecule has 0 spiro atoms. The van der Waals surface area contributed by atoms with Crippen molar-refractivity contribution in [2.24, 2.45) is 0 Å². The first-order valence-corrected chi connectivity index (χ1v) is 8.22. The predicted molar refractivity (Wildman–Crippen MR) is 88.5 cm³/mol. The standard InChI is InChI=1S/C15H16N6S/c1-2-10-11(3-1)22-15-13(10)14(20-9-21-15)19-7-6-18-12-8-16-4-5-17-12/h4-5,8-9H,1-3,6-7H2,(H,17,18)(H,19,20,21). The average Bonchev–Trinajstić information content (AvgIpc) is 3.13. The van der Waals surface area contributed by atoms with Crippen molar-refractivity contribution in [1.29, 1.82) is 0 Å². The molecule has 0 amide bonds. The first-order valence-electron chi connectivity index (χ1n) is 7.41. The number of fused-ring (bicyclic) bond motifs is 3. The molecular weight excluding hydrogens is 296 g/mol. The maximum absolute atomic E-state index is 4.43. The van der Waals surface area contributed by atoms with Crippen molar-refractivity contribution in [3.05, 3.63) is 35.4 Å². The zero-order chi connectivity index (χ0) is 14.8. The van der Waals surface area contributed by atoms with Crippen LogP contribution in [-0.2, 0) is 12.8 Å². The molecule has 0 radical (unpaired) electrons. The summed E-state index contributed by atoms with van der Waals surface area (Å²) in [6, 6.07) is 0. The number of hydrogen-bond donors (Lipinski definition) is 2. The molecule has 0 saturated heterocycles. The topological polar surface area (TPSA) is 75.6 Å². The highest BCUT2D eigenvalue weighted by atomic mass is 32.1.